The van der Waals surface area contributed by atoms with Gasteiger partial charge in [-0.25, -0.2) is 0 Å². The summed E-state index contributed by atoms with van der Waals surface area (Å²) >= 11 is 0. The van der Waals surface area contributed by atoms with Crippen molar-refractivity contribution in [3.8, 4) is 5.75 Å². The monoisotopic (exact) mass is 231 g/mol. The SMILES string of the molecule is CCc1cccc(OCc2occc2CN)c1. The van der Waals surface area contributed by atoms with Gasteiger partial charge >= 0.3 is 0 Å². The van der Waals surface area contributed by atoms with E-state index in [4.69, 9.17) is 14.9 Å². The molecule has 90 valence electrons. The predicted octanol–water partition coefficient (Wildman–Crippen LogP) is 2.88. The number of aryl methyl sites for hydroxylation is 1. The molecule has 0 fully saturated rings. The van der Waals surface area contributed by atoms with Crippen LogP contribution in [-0.4, -0.2) is 0 Å². The summed E-state index contributed by atoms with van der Waals surface area (Å²) in [6, 6.07) is 9.96. The molecule has 2 N–H and O–H groups in total. The molecule has 0 unspecified atom stereocenters. The summed E-state index contributed by atoms with van der Waals surface area (Å²) in [6.45, 7) is 3.02. The molecule has 0 aliphatic carbocycles. The van der Waals surface area contributed by atoms with Gasteiger partial charge in [-0.15, -0.1) is 0 Å². The van der Waals surface area contributed by atoms with Crippen molar-refractivity contribution in [2.24, 2.45) is 5.73 Å². The van der Waals surface area contributed by atoms with Crippen LogP contribution in [0.25, 0.3) is 0 Å². The van der Waals surface area contributed by atoms with Gasteiger partial charge in [-0.2, -0.15) is 0 Å². The van der Waals surface area contributed by atoms with Crippen LogP contribution >= 0.6 is 0 Å². The second-order valence-corrected chi connectivity index (χ2v) is 3.86. The molecule has 1 heterocycles. The summed E-state index contributed by atoms with van der Waals surface area (Å²) in [5.41, 5.74) is 7.86. The van der Waals surface area contributed by atoms with E-state index in [0.29, 0.717) is 13.2 Å². The molecule has 3 nitrogen and oxygen atoms in total. The average molecular weight is 231 g/mol. The predicted molar refractivity (Wildman–Crippen MR) is 66.8 cm³/mol. The topological polar surface area (TPSA) is 48.4 Å². The van der Waals surface area contributed by atoms with Crippen molar-refractivity contribution in [3.05, 3.63) is 53.5 Å². The fourth-order valence-corrected chi connectivity index (χ4v) is 1.68. The standard InChI is InChI=1S/C14H17NO2/c1-2-11-4-3-5-13(8-11)17-10-14-12(9-15)6-7-16-14/h3-8H,2,9-10,15H2,1H3. The van der Waals surface area contributed by atoms with Crippen LogP contribution in [-0.2, 0) is 19.6 Å². The van der Waals surface area contributed by atoms with E-state index in [1.165, 1.54) is 5.56 Å². The van der Waals surface area contributed by atoms with Gasteiger partial charge < -0.3 is 14.9 Å². The lowest BCUT2D eigenvalue weighted by atomic mass is 10.2. The minimum absolute atomic E-state index is 0.423. The number of furan rings is 1. The fourth-order valence-electron chi connectivity index (χ4n) is 1.68. The Morgan fingerprint density at radius 1 is 1.29 bits per heavy atom. The molecule has 1 aromatic carbocycles. The summed E-state index contributed by atoms with van der Waals surface area (Å²) in [6.07, 6.45) is 2.65. The molecule has 0 saturated carbocycles. The van der Waals surface area contributed by atoms with Crippen LogP contribution in [0.5, 0.6) is 5.75 Å². The normalized spacial score (nSPS) is 10.5. The number of ether oxygens (including phenoxy) is 1. The smallest absolute Gasteiger partial charge is 0.146 e. The van der Waals surface area contributed by atoms with Gasteiger partial charge in [0.15, 0.2) is 0 Å². The highest BCUT2D eigenvalue weighted by Gasteiger charge is 2.05. The Morgan fingerprint density at radius 3 is 2.94 bits per heavy atom. The van der Waals surface area contributed by atoms with Gasteiger partial charge in [0, 0.05) is 12.1 Å². The van der Waals surface area contributed by atoms with E-state index in [0.717, 1.165) is 23.5 Å². The fraction of sp³-hybridized carbons (Fsp3) is 0.286. The first-order valence-corrected chi connectivity index (χ1v) is 5.80. The van der Waals surface area contributed by atoms with Crippen LogP contribution < -0.4 is 10.5 Å². The Labute approximate surface area is 101 Å². The van der Waals surface area contributed by atoms with E-state index >= 15 is 0 Å². The molecule has 0 aliphatic rings. The Balaban J connectivity index is 2.02. The summed E-state index contributed by atoms with van der Waals surface area (Å²) in [5.74, 6) is 1.66. The van der Waals surface area contributed by atoms with E-state index < -0.39 is 0 Å². The summed E-state index contributed by atoms with van der Waals surface area (Å²) < 4.78 is 11.0. The number of nitrogens with two attached hydrogens (primary N) is 1. The van der Waals surface area contributed by atoms with E-state index in [-0.39, 0.29) is 0 Å². The zero-order valence-corrected chi connectivity index (χ0v) is 9.98. The van der Waals surface area contributed by atoms with Crippen LogP contribution in [0.3, 0.4) is 0 Å². The summed E-state index contributed by atoms with van der Waals surface area (Å²) in [7, 11) is 0. The molecule has 0 aliphatic heterocycles. The van der Waals surface area contributed by atoms with Crippen molar-refractivity contribution >= 4 is 0 Å². The Bertz CT molecular complexity index is 477. The maximum Gasteiger partial charge on any atom is 0.146 e. The van der Waals surface area contributed by atoms with Crippen molar-refractivity contribution in [2.45, 2.75) is 26.5 Å². The molecule has 0 bridgehead atoms. The second kappa shape index (κ2) is 5.55. The first-order valence-electron chi connectivity index (χ1n) is 5.80. The minimum Gasteiger partial charge on any atom is -0.486 e. The Morgan fingerprint density at radius 2 is 2.18 bits per heavy atom. The minimum atomic E-state index is 0.423. The highest BCUT2D eigenvalue weighted by Crippen LogP contribution is 2.17. The van der Waals surface area contributed by atoms with Crippen molar-refractivity contribution in [1.82, 2.24) is 0 Å². The molecule has 0 spiro atoms. The highest BCUT2D eigenvalue weighted by molar-refractivity contribution is 5.28. The Kier molecular flexibility index (Phi) is 3.83. The zero-order valence-electron chi connectivity index (χ0n) is 9.98. The third-order valence-corrected chi connectivity index (χ3v) is 2.73. The molecule has 1 aromatic heterocycles. The molecule has 0 saturated heterocycles. The molecule has 3 heteroatoms. The second-order valence-electron chi connectivity index (χ2n) is 3.86. The Hall–Kier alpha value is -1.74. The molecular formula is C14H17NO2. The lowest BCUT2D eigenvalue weighted by molar-refractivity contribution is 0.268. The molecule has 2 rings (SSSR count). The molecule has 0 amide bonds. The van der Waals surface area contributed by atoms with E-state index in [9.17, 15) is 0 Å². The first-order chi connectivity index (χ1) is 8.33. The van der Waals surface area contributed by atoms with Gasteiger partial charge in [0.25, 0.3) is 0 Å². The van der Waals surface area contributed by atoms with Crippen molar-refractivity contribution < 1.29 is 9.15 Å². The van der Waals surface area contributed by atoms with Crippen molar-refractivity contribution in [3.63, 3.8) is 0 Å². The van der Waals surface area contributed by atoms with Crippen LogP contribution in [0.15, 0.2) is 41.0 Å². The number of rotatable bonds is 5. The molecule has 2 aromatic rings. The maximum atomic E-state index is 5.69. The van der Waals surface area contributed by atoms with E-state index in [2.05, 4.69) is 13.0 Å². The summed E-state index contributed by atoms with van der Waals surface area (Å²) in [4.78, 5) is 0. The van der Waals surface area contributed by atoms with E-state index in [1.54, 1.807) is 6.26 Å². The molecular weight excluding hydrogens is 214 g/mol. The van der Waals surface area contributed by atoms with Crippen molar-refractivity contribution in [1.29, 1.82) is 0 Å². The number of hydrogen-bond acceptors (Lipinski definition) is 3. The number of benzene rings is 1. The molecule has 17 heavy (non-hydrogen) atoms. The lowest BCUT2D eigenvalue weighted by Crippen LogP contribution is -2.02. The van der Waals surface area contributed by atoms with Gasteiger partial charge in [-0.3, -0.25) is 0 Å². The highest BCUT2D eigenvalue weighted by atomic mass is 16.5. The largest absolute Gasteiger partial charge is 0.486 e. The molecule has 0 radical (unpaired) electrons. The van der Waals surface area contributed by atoms with Crippen molar-refractivity contribution in [2.75, 3.05) is 0 Å². The third kappa shape index (κ3) is 2.88. The van der Waals surface area contributed by atoms with Gasteiger partial charge in [-0.05, 0) is 30.2 Å². The maximum absolute atomic E-state index is 5.69. The molecule has 0 atom stereocenters. The van der Waals surface area contributed by atoms with Gasteiger partial charge in [0.1, 0.15) is 18.1 Å². The van der Waals surface area contributed by atoms with Crippen LogP contribution in [0.4, 0.5) is 0 Å². The van der Waals surface area contributed by atoms with Crippen LogP contribution in [0, 0.1) is 0 Å². The van der Waals surface area contributed by atoms with E-state index in [1.807, 2.05) is 24.3 Å². The lowest BCUT2D eigenvalue weighted by Gasteiger charge is -2.06. The van der Waals surface area contributed by atoms with Crippen LogP contribution in [0.2, 0.25) is 0 Å². The van der Waals surface area contributed by atoms with Gasteiger partial charge in [0.2, 0.25) is 0 Å². The van der Waals surface area contributed by atoms with Gasteiger partial charge in [0.05, 0.1) is 6.26 Å². The average Bonchev–Trinajstić information content (AvgIpc) is 2.84. The zero-order chi connectivity index (χ0) is 12.1. The quantitative estimate of drug-likeness (QED) is 0.860. The number of hydrogen-bond donors (Lipinski definition) is 1. The third-order valence-electron chi connectivity index (χ3n) is 2.73. The first kappa shape index (κ1) is 11.7. The summed E-state index contributed by atoms with van der Waals surface area (Å²) in [5, 5.41) is 0. The van der Waals surface area contributed by atoms with Gasteiger partial charge in [-0.1, -0.05) is 19.1 Å². The van der Waals surface area contributed by atoms with Crippen LogP contribution in [0.1, 0.15) is 23.8 Å².